The van der Waals surface area contributed by atoms with Crippen LogP contribution in [0, 0.1) is 0 Å². The molecule has 12 heteroatoms. The van der Waals surface area contributed by atoms with E-state index in [1.54, 1.807) is 0 Å². The van der Waals surface area contributed by atoms with Crippen molar-refractivity contribution in [1.29, 1.82) is 0 Å². The van der Waals surface area contributed by atoms with Gasteiger partial charge >= 0.3 is 13.5 Å². The van der Waals surface area contributed by atoms with Gasteiger partial charge in [0, 0.05) is 13.3 Å². The number of nitrogen functional groups attached to an aromatic ring is 1. The summed E-state index contributed by atoms with van der Waals surface area (Å²) in [5, 5.41) is 9.29. The monoisotopic (exact) mass is 337 g/mol. The lowest BCUT2D eigenvalue weighted by molar-refractivity contribution is -0.0624. The second-order valence-corrected chi connectivity index (χ2v) is 5.74. The van der Waals surface area contributed by atoms with E-state index in [4.69, 9.17) is 25.0 Å². The molecule has 4 atom stereocenters. The predicted molar refractivity (Wildman–Crippen MR) is 71.6 cm³/mol. The molecule has 22 heavy (non-hydrogen) atoms. The highest BCUT2D eigenvalue weighted by atomic mass is 31.2. The first-order valence-corrected chi connectivity index (χ1v) is 7.67. The van der Waals surface area contributed by atoms with E-state index in [2.05, 4.69) is 9.51 Å². The Morgan fingerprint density at radius 2 is 2.18 bits per heavy atom. The van der Waals surface area contributed by atoms with Crippen LogP contribution >= 0.6 is 7.82 Å². The Bertz CT molecular complexity index is 631. The Morgan fingerprint density at radius 1 is 1.50 bits per heavy atom. The predicted octanol–water partition coefficient (Wildman–Crippen LogP) is -1.79. The average molecular weight is 337 g/mol. The smallest absolute Gasteiger partial charge is 0.394 e. The summed E-state index contributed by atoms with van der Waals surface area (Å²) in [4.78, 5) is 33.3. The Balaban J connectivity index is 2.36. The fourth-order valence-corrected chi connectivity index (χ4v) is 2.81. The van der Waals surface area contributed by atoms with Gasteiger partial charge in [-0.1, -0.05) is 0 Å². The van der Waals surface area contributed by atoms with Crippen LogP contribution in [0.3, 0.4) is 0 Å². The zero-order valence-corrected chi connectivity index (χ0v) is 12.4. The molecule has 1 aliphatic rings. The number of anilines is 1. The largest absolute Gasteiger partial charge is 0.470 e. The molecule has 2 unspecified atom stereocenters. The molecule has 5 N–H and O–H groups in total. The molecular formula is C10H16N3O8P. The summed E-state index contributed by atoms with van der Waals surface area (Å²) in [6.07, 6.45) is -3.19. The lowest BCUT2D eigenvalue weighted by Gasteiger charge is -2.23. The van der Waals surface area contributed by atoms with Crippen LogP contribution in [0.25, 0.3) is 0 Å². The van der Waals surface area contributed by atoms with Gasteiger partial charge < -0.3 is 30.1 Å². The molecular weight excluding hydrogens is 321 g/mol. The maximum absolute atomic E-state index is 11.9. The fraction of sp³-hybridized carbons (Fsp3) is 0.600. The van der Waals surface area contributed by atoms with Gasteiger partial charge in [-0.15, -0.1) is 0 Å². The van der Waals surface area contributed by atoms with Crippen LogP contribution in [0.5, 0.6) is 0 Å². The lowest BCUT2D eigenvalue weighted by Crippen LogP contribution is -2.38. The second-order valence-electron chi connectivity index (χ2n) is 4.55. The number of nitrogens with two attached hydrogens (primary N) is 1. The molecule has 0 bridgehead atoms. The zero-order valence-electron chi connectivity index (χ0n) is 11.5. The highest BCUT2D eigenvalue weighted by Gasteiger charge is 2.49. The van der Waals surface area contributed by atoms with Crippen LogP contribution < -0.4 is 11.4 Å². The van der Waals surface area contributed by atoms with Crippen LogP contribution in [0.1, 0.15) is 6.23 Å². The highest BCUT2D eigenvalue weighted by Crippen LogP contribution is 2.44. The van der Waals surface area contributed by atoms with Crippen molar-refractivity contribution in [2.45, 2.75) is 24.5 Å². The van der Waals surface area contributed by atoms with Crippen molar-refractivity contribution in [3.8, 4) is 0 Å². The SMILES string of the molecule is COC1C(OP(=O)(O)O)[C@@H](CO)O[C@H]1n1ccc(N)nc1=O. The molecule has 11 nitrogen and oxygen atoms in total. The summed E-state index contributed by atoms with van der Waals surface area (Å²) in [6.45, 7) is -0.585. The number of rotatable bonds is 5. The van der Waals surface area contributed by atoms with Crippen LogP contribution in [-0.4, -0.2) is 56.5 Å². The lowest BCUT2D eigenvalue weighted by atomic mass is 10.1. The molecule has 124 valence electrons. The summed E-state index contributed by atoms with van der Waals surface area (Å²) in [5.41, 5.74) is 4.66. The molecule has 0 amide bonds. The fourth-order valence-electron chi connectivity index (χ4n) is 2.24. The van der Waals surface area contributed by atoms with Gasteiger partial charge in [-0.25, -0.2) is 9.36 Å². The molecule has 1 saturated heterocycles. The molecule has 1 aromatic heterocycles. The number of aliphatic hydroxyl groups excluding tert-OH is 1. The number of ether oxygens (including phenoxy) is 2. The third-order valence-electron chi connectivity index (χ3n) is 3.12. The average Bonchev–Trinajstić information content (AvgIpc) is 2.74. The van der Waals surface area contributed by atoms with E-state index in [-0.39, 0.29) is 5.82 Å². The number of aliphatic hydroxyl groups is 1. The first kappa shape index (κ1) is 17.0. The molecule has 2 heterocycles. The normalized spacial score (nSPS) is 28.9. The topological polar surface area (TPSA) is 166 Å². The molecule has 0 saturated carbocycles. The molecule has 0 radical (unpaired) electrons. The highest BCUT2D eigenvalue weighted by molar-refractivity contribution is 7.46. The summed E-state index contributed by atoms with van der Waals surface area (Å²) in [6, 6.07) is 1.35. The summed E-state index contributed by atoms with van der Waals surface area (Å²) in [5.74, 6) is 0.00920. The van der Waals surface area contributed by atoms with Gasteiger partial charge in [-0.3, -0.25) is 9.09 Å². The summed E-state index contributed by atoms with van der Waals surface area (Å²) < 4.78 is 27.3. The third kappa shape index (κ3) is 3.52. The van der Waals surface area contributed by atoms with Gasteiger partial charge in [0.15, 0.2) is 6.23 Å². The van der Waals surface area contributed by atoms with Crippen molar-refractivity contribution in [3.63, 3.8) is 0 Å². The Labute approximate surface area is 124 Å². The van der Waals surface area contributed by atoms with Crippen molar-refractivity contribution >= 4 is 13.6 Å². The number of nitrogens with zero attached hydrogens (tertiary/aromatic N) is 2. The standard InChI is InChI=1S/C10H16N3O8P/c1-19-8-7(21-22(16,17)18)5(4-14)20-9(8)13-3-2-6(11)12-10(13)15/h2-3,5,7-9,14H,4H2,1H3,(H2,11,12,15)(H2,16,17,18)/t5-,7?,8?,9-/m1/s1. The van der Waals surface area contributed by atoms with Gasteiger partial charge in [-0.2, -0.15) is 4.98 Å². The summed E-state index contributed by atoms with van der Waals surface area (Å²) >= 11 is 0. The van der Waals surface area contributed by atoms with Crippen molar-refractivity contribution in [3.05, 3.63) is 22.7 Å². The maximum Gasteiger partial charge on any atom is 0.470 e. The Kier molecular flexibility index (Phi) is 4.97. The quantitative estimate of drug-likeness (QED) is 0.450. The van der Waals surface area contributed by atoms with Crippen molar-refractivity contribution < 1.29 is 33.5 Å². The number of phosphoric acid groups is 1. The molecule has 0 aliphatic carbocycles. The van der Waals surface area contributed by atoms with Gasteiger partial charge in [-0.05, 0) is 6.07 Å². The first-order chi connectivity index (χ1) is 10.3. The zero-order chi connectivity index (χ0) is 16.5. The van der Waals surface area contributed by atoms with E-state index in [1.807, 2.05) is 0 Å². The second kappa shape index (κ2) is 6.42. The molecule has 1 aliphatic heterocycles. The van der Waals surface area contributed by atoms with Crippen LogP contribution in [0.4, 0.5) is 5.82 Å². The van der Waals surface area contributed by atoms with E-state index in [0.717, 1.165) is 4.57 Å². The molecule has 0 spiro atoms. The minimum absolute atomic E-state index is 0.00920. The Hall–Kier alpha value is -1.33. The number of phosphoric ester groups is 1. The van der Waals surface area contributed by atoms with Gasteiger partial charge in [0.1, 0.15) is 24.1 Å². The first-order valence-electron chi connectivity index (χ1n) is 6.14. The van der Waals surface area contributed by atoms with E-state index in [0.29, 0.717) is 0 Å². The van der Waals surface area contributed by atoms with E-state index in [1.165, 1.54) is 19.4 Å². The maximum atomic E-state index is 11.9. The molecule has 0 aromatic carbocycles. The number of hydrogen-bond donors (Lipinski definition) is 4. The Morgan fingerprint density at radius 3 is 2.68 bits per heavy atom. The molecule has 1 fully saturated rings. The van der Waals surface area contributed by atoms with Crippen LogP contribution in [0.2, 0.25) is 0 Å². The van der Waals surface area contributed by atoms with Gasteiger partial charge in [0.25, 0.3) is 0 Å². The van der Waals surface area contributed by atoms with Crippen LogP contribution in [0.15, 0.2) is 17.1 Å². The minimum atomic E-state index is -4.85. The van der Waals surface area contributed by atoms with Crippen molar-refractivity contribution in [1.82, 2.24) is 9.55 Å². The van der Waals surface area contributed by atoms with E-state index < -0.39 is 44.7 Å². The van der Waals surface area contributed by atoms with Gasteiger partial charge in [0.2, 0.25) is 0 Å². The van der Waals surface area contributed by atoms with Crippen molar-refractivity contribution in [2.24, 2.45) is 0 Å². The van der Waals surface area contributed by atoms with Gasteiger partial charge in [0.05, 0.1) is 6.61 Å². The molecule has 2 rings (SSSR count). The number of methoxy groups -OCH3 is 1. The minimum Gasteiger partial charge on any atom is -0.394 e. The summed E-state index contributed by atoms with van der Waals surface area (Å²) in [7, 11) is -3.59. The van der Waals surface area contributed by atoms with Crippen molar-refractivity contribution in [2.75, 3.05) is 19.5 Å². The number of aromatic nitrogens is 2. The number of hydrogen-bond acceptors (Lipinski definition) is 8. The van der Waals surface area contributed by atoms with E-state index in [9.17, 15) is 14.5 Å². The third-order valence-corrected chi connectivity index (χ3v) is 3.64. The van der Waals surface area contributed by atoms with E-state index >= 15 is 0 Å². The van der Waals surface area contributed by atoms with Crippen LogP contribution in [-0.2, 0) is 18.6 Å². The molecule has 1 aromatic rings.